The van der Waals surface area contributed by atoms with E-state index in [0.29, 0.717) is 19.3 Å². The Morgan fingerprint density at radius 2 is 2.19 bits per heavy atom. The van der Waals surface area contributed by atoms with Crippen LogP contribution in [-0.4, -0.2) is 36.6 Å². The van der Waals surface area contributed by atoms with Crippen LogP contribution >= 0.6 is 0 Å². The molecule has 2 aliphatic heterocycles. The minimum absolute atomic E-state index is 0.179. The van der Waals surface area contributed by atoms with Gasteiger partial charge in [0.25, 0.3) is 5.91 Å². The number of ether oxygens (including phenoxy) is 1. The van der Waals surface area contributed by atoms with Crippen molar-refractivity contribution in [3.63, 3.8) is 0 Å². The molecule has 0 unspecified atom stereocenters. The van der Waals surface area contributed by atoms with Crippen molar-refractivity contribution in [3.05, 3.63) is 34.9 Å². The minimum atomic E-state index is 0.179. The lowest BCUT2D eigenvalue weighted by Gasteiger charge is -2.40. The summed E-state index contributed by atoms with van der Waals surface area (Å²) in [6.07, 6.45) is 0.976. The first-order valence-electron chi connectivity index (χ1n) is 5.74. The van der Waals surface area contributed by atoms with Gasteiger partial charge in [-0.3, -0.25) is 4.79 Å². The number of amides is 1. The van der Waals surface area contributed by atoms with Gasteiger partial charge in [0.1, 0.15) is 0 Å². The first-order chi connectivity index (χ1) is 7.77. The Morgan fingerprint density at radius 1 is 1.38 bits per heavy atom. The second-order valence-corrected chi connectivity index (χ2v) is 4.54. The Balaban J connectivity index is 1.95. The normalized spacial score (nSPS) is 20.6. The van der Waals surface area contributed by atoms with Crippen molar-refractivity contribution in [1.82, 2.24) is 4.90 Å². The van der Waals surface area contributed by atoms with Crippen molar-refractivity contribution in [1.29, 1.82) is 0 Å². The largest absolute Gasteiger partial charge is 0.377 e. The van der Waals surface area contributed by atoms with E-state index in [1.165, 1.54) is 11.1 Å². The zero-order valence-corrected chi connectivity index (χ0v) is 9.40. The molecule has 2 heterocycles. The maximum absolute atomic E-state index is 12.3. The van der Waals surface area contributed by atoms with E-state index < -0.39 is 0 Å². The summed E-state index contributed by atoms with van der Waals surface area (Å²) in [5, 5.41) is 0. The lowest BCUT2D eigenvalue weighted by Crippen LogP contribution is -2.54. The molecule has 3 nitrogen and oxygen atoms in total. The van der Waals surface area contributed by atoms with E-state index in [9.17, 15) is 4.79 Å². The fourth-order valence-corrected chi connectivity index (χ4v) is 2.47. The van der Waals surface area contributed by atoms with Crippen LogP contribution in [0.3, 0.4) is 0 Å². The van der Waals surface area contributed by atoms with Crippen LogP contribution in [0, 0.1) is 6.92 Å². The van der Waals surface area contributed by atoms with Crippen LogP contribution in [0.25, 0.3) is 0 Å². The van der Waals surface area contributed by atoms with E-state index in [4.69, 9.17) is 4.74 Å². The number of aryl methyl sites for hydroxylation is 1. The molecule has 0 aromatic heterocycles. The van der Waals surface area contributed by atoms with Crippen LogP contribution in [0.2, 0.25) is 0 Å². The molecule has 1 fully saturated rings. The number of carbonyl (C=O) groups excluding carboxylic acids is 1. The number of hydrogen-bond acceptors (Lipinski definition) is 2. The third kappa shape index (κ3) is 1.35. The Labute approximate surface area is 95.0 Å². The summed E-state index contributed by atoms with van der Waals surface area (Å²) in [6.45, 7) is 4.32. The molecule has 1 amide bonds. The molecule has 3 heteroatoms. The highest BCUT2D eigenvalue weighted by molar-refractivity contribution is 5.97. The predicted molar refractivity (Wildman–Crippen MR) is 60.5 cm³/mol. The van der Waals surface area contributed by atoms with Gasteiger partial charge in [0.15, 0.2) is 0 Å². The predicted octanol–water partition coefficient (Wildman–Crippen LogP) is 1.39. The van der Waals surface area contributed by atoms with E-state index in [0.717, 1.165) is 18.5 Å². The average molecular weight is 217 g/mol. The molecule has 0 saturated carbocycles. The Bertz CT molecular complexity index is 438. The van der Waals surface area contributed by atoms with Crippen LogP contribution in [0.1, 0.15) is 21.5 Å². The van der Waals surface area contributed by atoms with Crippen molar-refractivity contribution in [2.45, 2.75) is 19.4 Å². The molecular formula is C13H15NO2. The number of hydrogen-bond donors (Lipinski definition) is 0. The van der Waals surface area contributed by atoms with Gasteiger partial charge in [0, 0.05) is 12.1 Å². The second kappa shape index (κ2) is 3.59. The average Bonchev–Trinajstić information content (AvgIpc) is 2.20. The molecule has 3 rings (SSSR count). The highest BCUT2D eigenvalue weighted by Crippen LogP contribution is 2.25. The highest BCUT2D eigenvalue weighted by Gasteiger charge is 2.34. The van der Waals surface area contributed by atoms with Crippen LogP contribution in [0.4, 0.5) is 0 Å². The molecule has 84 valence electrons. The molecule has 0 atom stereocenters. The Morgan fingerprint density at radius 3 is 2.88 bits per heavy atom. The van der Waals surface area contributed by atoms with Gasteiger partial charge in [-0.05, 0) is 30.5 Å². The summed E-state index contributed by atoms with van der Waals surface area (Å²) in [4.78, 5) is 14.2. The Kier molecular flexibility index (Phi) is 2.21. The smallest absolute Gasteiger partial charge is 0.254 e. The summed E-state index contributed by atoms with van der Waals surface area (Å²) in [5.74, 6) is 0.179. The first-order valence-corrected chi connectivity index (χ1v) is 5.74. The zero-order valence-electron chi connectivity index (χ0n) is 9.40. The third-order valence-electron chi connectivity index (χ3n) is 3.57. The molecule has 0 spiro atoms. The van der Waals surface area contributed by atoms with Crippen molar-refractivity contribution in [2.24, 2.45) is 0 Å². The SMILES string of the molecule is Cc1cccc2c1CCN(C1COC1)C2=O. The van der Waals surface area contributed by atoms with E-state index in [1.807, 2.05) is 17.0 Å². The van der Waals surface area contributed by atoms with Crippen LogP contribution < -0.4 is 0 Å². The zero-order chi connectivity index (χ0) is 11.1. The van der Waals surface area contributed by atoms with Crippen molar-refractivity contribution < 1.29 is 9.53 Å². The molecule has 0 aliphatic carbocycles. The maximum Gasteiger partial charge on any atom is 0.254 e. The molecule has 0 bridgehead atoms. The third-order valence-corrected chi connectivity index (χ3v) is 3.57. The fourth-order valence-electron chi connectivity index (χ4n) is 2.47. The summed E-state index contributed by atoms with van der Waals surface area (Å²) >= 11 is 0. The number of fused-ring (bicyclic) bond motifs is 1. The van der Waals surface area contributed by atoms with Crippen LogP contribution in [0.15, 0.2) is 18.2 Å². The van der Waals surface area contributed by atoms with Gasteiger partial charge in [-0.2, -0.15) is 0 Å². The number of carbonyl (C=O) groups is 1. The van der Waals surface area contributed by atoms with Gasteiger partial charge in [0.2, 0.25) is 0 Å². The molecule has 16 heavy (non-hydrogen) atoms. The van der Waals surface area contributed by atoms with Crippen LogP contribution in [-0.2, 0) is 11.2 Å². The van der Waals surface area contributed by atoms with E-state index in [2.05, 4.69) is 13.0 Å². The molecular weight excluding hydrogens is 202 g/mol. The lowest BCUT2D eigenvalue weighted by atomic mass is 9.93. The van der Waals surface area contributed by atoms with Gasteiger partial charge in [0.05, 0.1) is 19.3 Å². The monoisotopic (exact) mass is 217 g/mol. The van der Waals surface area contributed by atoms with E-state index >= 15 is 0 Å². The van der Waals surface area contributed by atoms with E-state index in [-0.39, 0.29) is 5.91 Å². The van der Waals surface area contributed by atoms with Gasteiger partial charge in [-0.1, -0.05) is 12.1 Å². The summed E-state index contributed by atoms with van der Waals surface area (Å²) < 4.78 is 5.15. The molecule has 2 aliphatic rings. The second-order valence-electron chi connectivity index (χ2n) is 4.54. The lowest BCUT2D eigenvalue weighted by molar-refractivity contribution is -0.0549. The molecule has 0 N–H and O–H groups in total. The Hall–Kier alpha value is -1.35. The summed E-state index contributed by atoms with van der Waals surface area (Å²) in [5.41, 5.74) is 3.34. The minimum Gasteiger partial charge on any atom is -0.377 e. The first kappa shape index (κ1) is 9.85. The molecule has 1 aromatic rings. The van der Waals surface area contributed by atoms with Crippen molar-refractivity contribution >= 4 is 5.91 Å². The van der Waals surface area contributed by atoms with Gasteiger partial charge in [-0.25, -0.2) is 0 Å². The fraction of sp³-hybridized carbons (Fsp3) is 0.462. The topological polar surface area (TPSA) is 29.5 Å². The van der Waals surface area contributed by atoms with Gasteiger partial charge < -0.3 is 9.64 Å². The summed E-state index contributed by atoms with van der Waals surface area (Å²) in [7, 11) is 0. The molecule has 0 radical (unpaired) electrons. The van der Waals surface area contributed by atoms with E-state index in [1.54, 1.807) is 0 Å². The standard InChI is InChI=1S/C13H15NO2/c1-9-3-2-4-12-11(9)5-6-14(13(12)15)10-7-16-8-10/h2-4,10H,5-8H2,1H3. The molecule has 1 aromatic carbocycles. The van der Waals surface area contributed by atoms with Crippen LogP contribution in [0.5, 0.6) is 0 Å². The quantitative estimate of drug-likeness (QED) is 0.711. The number of benzene rings is 1. The van der Waals surface area contributed by atoms with Crippen molar-refractivity contribution in [2.75, 3.05) is 19.8 Å². The molecule has 1 saturated heterocycles. The van der Waals surface area contributed by atoms with Crippen molar-refractivity contribution in [3.8, 4) is 0 Å². The summed E-state index contributed by atoms with van der Waals surface area (Å²) in [6, 6.07) is 6.29. The van der Waals surface area contributed by atoms with Gasteiger partial charge >= 0.3 is 0 Å². The van der Waals surface area contributed by atoms with Gasteiger partial charge in [-0.15, -0.1) is 0 Å². The number of nitrogens with zero attached hydrogens (tertiary/aromatic N) is 1. The maximum atomic E-state index is 12.3. The number of rotatable bonds is 1. The highest BCUT2D eigenvalue weighted by atomic mass is 16.5.